The molecule has 0 fully saturated rings. The molecule has 0 spiro atoms. The molecule has 0 saturated heterocycles. The first kappa shape index (κ1) is 13.0. The molecule has 1 rings (SSSR count). The second-order valence-electron chi connectivity index (χ2n) is 3.29. The van der Waals surface area contributed by atoms with Crippen molar-refractivity contribution in [3.05, 3.63) is 40.7 Å². The van der Waals surface area contributed by atoms with Crippen LogP contribution in [0.15, 0.2) is 24.9 Å². The average molecular weight is 259 g/mol. The largest absolute Gasteiger partial charge is 0.341 e. The molecule has 0 atom stereocenters. The van der Waals surface area contributed by atoms with E-state index in [1.165, 1.54) is 12.3 Å². The molecule has 0 unspecified atom stereocenters. The molecule has 1 amide bonds. The van der Waals surface area contributed by atoms with Gasteiger partial charge >= 0.3 is 0 Å². The van der Waals surface area contributed by atoms with Crippen molar-refractivity contribution in [3.63, 3.8) is 0 Å². The van der Waals surface area contributed by atoms with Crippen LogP contribution in [0.25, 0.3) is 0 Å². The molecule has 0 aliphatic rings. The van der Waals surface area contributed by atoms with Crippen molar-refractivity contribution in [2.45, 2.75) is 6.42 Å². The molecule has 0 radical (unpaired) electrons. The molecule has 86 valence electrons. The van der Waals surface area contributed by atoms with Gasteiger partial charge in [-0.3, -0.25) is 4.79 Å². The number of amides is 1. The maximum Gasteiger partial charge on any atom is 0.256 e. The van der Waals surface area contributed by atoms with E-state index in [9.17, 15) is 4.79 Å². The highest BCUT2D eigenvalue weighted by Crippen LogP contribution is 2.19. The Bertz CT molecular complexity index is 407. The molecule has 0 saturated carbocycles. The van der Waals surface area contributed by atoms with E-state index < -0.39 is 0 Å². The minimum atomic E-state index is -0.170. The molecule has 1 heterocycles. The van der Waals surface area contributed by atoms with Crippen molar-refractivity contribution in [1.29, 1.82) is 0 Å². The van der Waals surface area contributed by atoms with Crippen molar-refractivity contribution in [1.82, 2.24) is 9.88 Å². The van der Waals surface area contributed by atoms with Crippen LogP contribution in [0.5, 0.6) is 0 Å². The zero-order valence-corrected chi connectivity index (χ0v) is 10.4. The van der Waals surface area contributed by atoms with Crippen molar-refractivity contribution >= 4 is 29.1 Å². The molecule has 1 aromatic heterocycles. The molecule has 3 nitrogen and oxygen atoms in total. The van der Waals surface area contributed by atoms with E-state index in [0.29, 0.717) is 17.1 Å². The van der Waals surface area contributed by atoms with E-state index in [2.05, 4.69) is 11.6 Å². The van der Waals surface area contributed by atoms with Crippen LogP contribution in [0.2, 0.25) is 10.2 Å². The Morgan fingerprint density at radius 3 is 2.88 bits per heavy atom. The molecular formula is C11H12Cl2N2O. The quantitative estimate of drug-likeness (QED) is 0.615. The van der Waals surface area contributed by atoms with Crippen LogP contribution < -0.4 is 0 Å². The zero-order chi connectivity index (χ0) is 12.1. The highest BCUT2D eigenvalue weighted by Gasteiger charge is 2.15. The fourth-order valence-corrected chi connectivity index (χ4v) is 1.60. The molecule has 0 N–H and O–H groups in total. The summed E-state index contributed by atoms with van der Waals surface area (Å²) in [7, 11) is 1.71. The van der Waals surface area contributed by atoms with Crippen molar-refractivity contribution in [2.24, 2.45) is 0 Å². The number of carbonyl (C=O) groups is 1. The van der Waals surface area contributed by atoms with Crippen LogP contribution in [-0.2, 0) is 0 Å². The summed E-state index contributed by atoms with van der Waals surface area (Å²) in [6.45, 7) is 4.20. The zero-order valence-electron chi connectivity index (χ0n) is 8.91. The lowest BCUT2D eigenvalue weighted by Crippen LogP contribution is -2.27. The van der Waals surface area contributed by atoms with Crippen LogP contribution in [0.1, 0.15) is 16.8 Å². The van der Waals surface area contributed by atoms with Crippen molar-refractivity contribution < 1.29 is 4.79 Å². The second kappa shape index (κ2) is 5.87. The predicted octanol–water partition coefficient (Wildman–Crippen LogP) is 3.04. The Kier molecular flexibility index (Phi) is 4.77. The van der Waals surface area contributed by atoms with Gasteiger partial charge < -0.3 is 4.90 Å². The molecular weight excluding hydrogens is 247 g/mol. The third-order valence-electron chi connectivity index (χ3n) is 2.07. The molecule has 0 aromatic carbocycles. The van der Waals surface area contributed by atoms with Gasteiger partial charge in [-0.15, -0.1) is 6.58 Å². The monoisotopic (exact) mass is 258 g/mol. The van der Waals surface area contributed by atoms with Gasteiger partial charge in [0.1, 0.15) is 5.15 Å². The smallest absolute Gasteiger partial charge is 0.256 e. The highest BCUT2D eigenvalue weighted by molar-refractivity contribution is 6.36. The van der Waals surface area contributed by atoms with Gasteiger partial charge in [-0.2, -0.15) is 0 Å². The number of rotatable bonds is 4. The summed E-state index contributed by atoms with van der Waals surface area (Å²) in [4.78, 5) is 17.3. The summed E-state index contributed by atoms with van der Waals surface area (Å²) in [5.41, 5.74) is 0.359. The summed E-state index contributed by atoms with van der Waals surface area (Å²) in [5.74, 6) is -0.170. The first-order valence-corrected chi connectivity index (χ1v) is 5.49. The van der Waals surface area contributed by atoms with Gasteiger partial charge in [0.05, 0.1) is 10.6 Å². The predicted molar refractivity (Wildman–Crippen MR) is 66.0 cm³/mol. The van der Waals surface area contributed by atoms with Crippen LogP contribution in [-0.4, -0.2) is 29.4 Å². The number of pyridine rings is 1. The topological polar surface area (TPSA) is 33.2 Å². The standard InChI is InChI=1S/C11H12Cl2N2O/c1-3-4-5-15(2)11(16)8-7-14-10(13)6-9(8)12/h3,6-7H,1,4-5H2,2H3. The number of nitrogens with zero attached hydrogens (tertiary/aromatic N) is 2. The summed E-state index contributed by atoms with van der Waals surface area (Å²) in [5, 5.41) is 0.589. The van der Waals surface area contributed by atoms with E-state index in [1.807, 2.05) is 0 Å². The number of aromatic nitrogens is 1. The van der Waals surface area contributed by atoms with Crippen LogP contribution in [0, 0.1) is 0 Å². The maximum absolute atomic E-state index is 11.9. The fraction of sp³-hybridized carbons (Fsp3) is 0.273. The summed E-state index contributed by atoms with van der Waals surface area (Å²) in [6, 6.07) is 1.46. The second-order valence-corrected chi connectivity index (χ2v) is 4.09. The first-order chi connectivity index (χ1) is 7.56. The highest BCUT2D eigenvalue weighted by atomic mass is 35.5. The maximum atomic E-state index is 11.9. The average Bonchev–Trinajstić information content (AvgIpc) is 2.25. The summed E-state index contributed by atoms with van der Waals surface area (Å²) < 4.78 is 0. The van der Waals surface area contributed by atoms with Gasteiger partial charge in [0.15, 0.2) is 0 Å². The number of halogens is 2. The van der Waals surface area contributed by atoms with E-state index >= 15 is 0 Å². The number of carbonyl (C=O) groups excluding carboxylic acids is 1. The molecule has 0 aliphatic carbocycles. The molecule has 1 aromatic rings. The van der Waals surface area contributed by atoms with Gasteiger partial charge in [0.25, 0.3) is 5.91 Å². The van der Waals surface area contributed by atoms with Crippen LogP contribution >= 0.6 is 23.2 Å². The van der Waals surface area contributed by atoms with E-state index in [4.69, 9.17) is 23.2 Å². The van der Waals surface area contributed by atoms with Crippen molar-refractivity contribution in [3.8, 4) is 0 Å². The van der Waals surface area contributed by atoms with E-state index in [0.717, 1.165) is 6.42 Å². The van der Waals surface area contributed by atoms with E-state index in [-0.39, 0.29) is 11.1 Å². The SMILES string of the molecule is C=CCCN(C)C(=O)c1cnc(Cl)cc1Cl. The van der Waals surface area contributed by atoms with Gasteiger partial charge in [-0.25, -0.2) is 4.98 Å². The Morgan fingerprint density at radius 2 is 2.31 bits per heavy atom. The van der Waals surface area contributed by atoms with Crippen LogP contribution in [0.4, 0.5) is 0 Å². The van der Waals surface area contributed by atoms with E-state index in [1.54, 1.807) is 18.0 Å². The van der Waals surface area contributed by atoms with Gasteiger partial charge in [-0.05, 0) is 12.5 Å². The van der Waals surface area contributed by atoms with Gasteiger partial charge in [-0.1, -0.05) is 29.3 Å². The summed E-state index contributed by atoms with van der Waals surface area (Å²) >= 11 is 11.6. The minimum absolute atomic E-state index is 0.170. The Hall–Kier alpha value is -1.06. The van der Waals surface area contributed by atoms with Crippen LogP contribution in [0.3, 0.4) is 0 Å². The Labute approximate surface area is 105 Å². The third-order valence-corrected chi connectivity index (χ3v) is 2.59. The molecule has 5 heteroatoms. The number of hydrogen-bond acceptors (Lipinski definition) is 2. The third kappa shape index (κ3) is 3.22. The lowest BCUT2D eigenvalue weighted by atomic mass is 10.2. The molecule has 0 aliphatic heterocycles. The molecule has 16 heavy (non-hydrogen) atoms. The fourth-order valence-electron chi connectivity index (χ4n) is 1.16. The summed E-state index contributed by atoms with van der Waals surface area (Å²) in [6.07, 6.45) is 3.88. The lowest BCUT2D eigenvalue weighted by molar-refractivity contribution is 0.0797. The van der Waals surface area contributed by atoms with Gasteiger partial charge in [0, 0.05) is 19.8 Å². The Balaban J connectivity index is 2.83. The lowest BCUT2D eigenvalue weighted by Gasteiger charge is -2.16. The normalized spacial score (nSPS) is 9.94. The Morgan fingerprint density at radius 1 is 1.62 bits per heavy atom. The number of hydrogen-bond donors (Lipinski definition) is 0. The van der Waals surface area contributed by atoms with Gasteiger partial charge in [0.2, 0.25) is 0 Å². The minimum Gasteiger partial charge on any atom is -0.341 e. The molecule has 0 bridgehead atoms. The van der Waals surface area contributed by atoms with Crippen molar-refractivity contribution in [2.75, 3.05) is 13.6 Å². The first-order valence-electron chi connectivity index (χ1n) is 4.73.